The van der Waals surface area contributed by atoms with Crippen molar-refractivity contribution in [3.63, 3.8) is 0 Å². The Morgan fingerprint density at radius 2 is 1.32 bits per heavy atom. The molecule has 0 spiro atoms. The summed E-state index contributed by atoms with van der Waals surface area (Å²) in [5.74, 6) is -2.79. The number of nitrogens with one attached hydrogen (secondary N) is 4. The lowest BCUT2D eigenvalue weighted by Gasteiger charge is -2.35. The largest absolute Gasteiger partial charge is 0.468 e. The third kappa shape index (κ3) is 12.8. The van der Waals surface area contributed by atoms with Crippen molar-refractivity contribution in [2.24, 2.45) is 5.92 Å². The van der Waals surface area contributed by atoms with Crippen LogP contribution < -0.4 is 21.3 Å². The number of thioether (sulfide) groups is 1. The lowest BCUT2D eigenvalue weighted by atomic mass is 9.84. The summed E-state index contributed by atoms with van der Waals surface area (Å²) >= 11 is 5.97. The molecule has 5 N–H and O–H groups in total. The maximum absolute atomic E-state index is 13.0. The quantitative estimate of drug-likeness (QED) is 0.0334. The molecule has 0 aliphatic carbocycles. The molecule has 3 aromatic carbocycles. The summed E-state index contributed by atoms with van der Waals surface area (Å²) in [4.78, 5) is 62.5. The Labute approximate surface area is 321 Å². The second-order valence-electron chi connectivity index (χ2n) is 12.7. The molecule has 0 radical (unpaired) electrons. The van der Waals surface area contributed by atoms with Gasteiger partial charge in [0.05, 0.1) is 24.4 Å². The predicted octanol–water partition coefficient (Wildman–Crippen LogP) is 3.76. The molecule has 3 aromatic rings. The van der Waals surface area contributed by atoms with E-state index in [0.29, 0.717) is 6.42 Å². The van der Waals surface area contributed by atoms with Crippen LogP contribution in [0.4, 0.5) is 0 Å². The van der Waals surface area contributed by atoms with Crippen LogP contribution in [0.3, 0.4) is 0 Å². The van der Waals surface area contributed by atoms with Gasteiger partial charge in [0.25, 0.3) is 0 Å². The molecule has 0 saturated heterocycles. The fourth-order valence-corrected chi connectivity index (χ4v) is 7.27. The van der Waals surface area contributed by atoms with Gasteiger partial charge < -0.3 is 31.1 Å². The summed E-state index contributed by atoms with van der Waals surface area (Å²) in [6.45, 7) is 4.52. The van der Waals surface area contributed by atoms with Gasteiger partial charge in [0, 0.05) is 5.75 Å². The number of aliphatic hydroxyl groups is 1. The number of amides is 4. The van der Waals surface area contributed by atoms with E-state index in [-0.39, 0.29) is 24.6 Å². The van der Waals surface area contributed by atoms with Gasteiger partial charge in [-0.25, -0.2) is 0 Å². The number of rotatable bonds is 20. The van der Waals surface area contributed by atoms with Crippen LogP contribution in [0.2, 0.25) is 0 Å². The van der Waals surface area contributed by atoms with Crippen molar-refractivity contribution < 1.29 is 33.8 Å². The smallest absolute Gasteiger partial charge is 0.325 e. The number of hydrogen-bond donors (Lipinski definition) is 6. The molecule has 3 rings (SSSR count). The van der Waals surface area contributed by atoms with Crippen molar-refractivity contribution in [3.8, 4) is 0 Å². The van der Waals surface area contributed by atoms with Crippen molar-refractivity contribution >= 4 is 54.0 Å². The molecular weight excluding hydrogens is 713 g/mol. The molecule has 4 atom stereocenters. The fraction of sp³-hybridized carbons (Fsp3) is 0.375. The van der Waals surface area contributed by atoms with Gasteiger partial charge in [-0.05, 0) is 41.7 Å². The van der Waals surface area contributed by atoms with Crippen LogP contribution in [0.25, 0.3) is 0 Å². The molecule has 53 heavy (non-hydrogen) atoms. The van der Waals surface area contributed by atoms with Crippen molar-refractivity contribution in [2.45, 2.75) is 62.6 Å². The normalized spacial score (nSPS) is 13.7. The van der Waals surface area contributed by atoms with Gasteiger partial charge in [0.2, 0.25) is 23.6 Å². The Balaban J connectivity index is 1.54. The number of carbonyl (C=O) groups is 5. The Morgan fingerprint density at radius 3 is 1.79 bits per heavy atom. The van der Waals surface area contributed by atoms with E-state index in [4.69, 9.17) is 0 Å². The van der Waals surface area contributed by atoms with E-state index < -0.39 is 58.6 Å². The number of hydrogen-bond acceptors (Lipinski definition) is 9. The molecule has 0 unspecified atom stereocenters. The Bertz CT molecular complexity index is 1560. The topological polar surface area (TPSA) is 163 Å². The van der Waals surface area contributed by atoms with Crippen LogP contribution in [0.5, 0.6) is 0 Å². The maximum Gasteiger partial charge on any atom is 0.325 e. The van der Waals surface area contributed by atoms with Gasteiger partial charge in [-0.3, -0.25) is 24.0 Å². The first-order valence-electron chi connectivity index (χ1n) is 17.4. The highest BCUT2D eigenvalue weighted by atomic mass is 32.2. The second kappa shape index (κ2) is 21.8. The van der Waals surface area contributed by atoms with Crippen LogP contribution in [-0.2, 0) is 33.5 Å². The molecule has 0 heterocycles. The standard InChI is InChI=1S/C40H50N4O7S2/c1-27(2)36(39(50)41-25-35(47)51-4)44-38(49)33(26-52)43-37(48)28(3)42-34(46)24-32(45)22-14-15-23-53-40(29-16-8-5-9-17-29,30-18-10-6-11-19-30)31-20-12-7-13-21-31/h5-14,16-22,27-28,32-33,36,45,52H,15,23-26H2,1-4H3,(H,41,50)(H,42,46)(H,43,48)(H,44,49)/b22-14+/t28-,32-,33-,36-/m1/s1. The fourth-order valence-electron chi connectivity index (χ4n) is 5.55. The zero-order chi connectivity index (χ0) is 38.8. The summed E-state index contributed by atoms with van der Waals surface area (Å²) in [6, 6.07) is 28.0. The zero-order valence-corrected chi connectivity index (χ0v) is 32.2. The number of carbonyl (C=O) groups excluding carboxylic acids is 5. The Kier molecular flexibility index (Phi) is 17.6. The van der Waals surface area contributed by atoms with E-state index in [0.717, 1.165) is 22.4 Å². The third-order valence-corrected chi connectivity index (χ3v) is 10.3. The lowest BCUT2D eigenvalue weighted by Crippen LogP contribution is -2.58. The summed E-state index contributed by atoms with van der Waals surface area (Å²) < 4.78 is 4.06. The molecule has 0 aliphatic heterocycles. The lowest BCUT2D eigenvalue weighted by molar-refractivity contribution is -0.141. The first-order valence-corrected chi connectivity index (χ1v) is 19.0. The predicted molar refractivity (Wildman–Crippen MR) is 211 cm³/mol. The van der Waals surface area contributed by atoms with Gasteiger partial charge in [0.1, 0.15) is 24.7 Å². The Morgan fingerprint density at radius 1 is 0.792 bits per heavy atom. The van der Waals surface area contributed by atoms with Crippen LogP contribution in [0.1, 0.15) is 50.3 Å². The number of benzene rings is 3. The highest BCUT2D eigenvalue weighted by Gasteiger charge is 2.36. The summed E-state index contributed by atoms with van der Waals surface area (Å²) in [6.07, 6.45) is 2.72. The molecule has 0 aromatic heterocycles. The van der Waals surface area contributed by atoms with Gasteiger partial charge in [-0.15, -0.1) is 11.8 Å². The van der Waals surface area contributed by atoms with Gasteiger partial charge in [-0.2, -0.15) is 12.6 Å². The van der Waals surface area contributed by atoms with E-state index in [2.05, 4.69) is 75.0 Å². The number of thiol groups is 1. The minimum Gasteiger partial charge on any atom is -0.468 e. The first kappa shape index (κ1) is 42.8. The van der Waals surface area contributed by atoms with Gasteiger partial charge >= 0.3 is 5.97 Å². The monoisotopic (exact) mass is 762 g/mol. The average Bonchev–Trinajstić information content (AvgIpc) is 3.16. The highest BCUT2D eigenvalue weighted by Crippen LogP contribution is 2.48. The van der Waals surface area contributed by atoms with Crippen LogP contribution in [-0.4, -0.2) is 84.1 Å². The molecule has 0 aliphatic rings. The second-order valence-corrected chi connectivity index (χ2v) is 14.3. The summed E-state index contributed by atoms with van der Waals surface area (Å²) in [5.41, 5.74) is 3.46. The van der Waals surface area contributed by atoms with E-state index in [9.17, 15) is 29.1 Å². The molecular formula is C40H50N4O7S2. The van der Waals surface area contributed by atoms with E-state index in [1.165, 1.54) is 14.0 Å². The summed E-state index contributed by atoms with van der Waals surface area (Å²) in [5, 5.41) is 20.7. The molecule has 0 bridgehead atoms. The van der Waals surface area contributed by atoms with Crippen molar-refractivity contribution in [1.82, 2.24) is 21.3 Å². The molecule has 284 valence electrons. The highest BCUT2D eigenvalue weighted by molar-refractivity contribution is 8.00. The Hall–Kier alpha value is -4.59. The number of aliphatic hydroxyl groups excluding tert-OH is 1. The average molecular weight is 763 g/mol. The minimum atomic E-state index is -1.12. The molecule has 0 fully saturated rings. The van der Waals surface area contributed by atoms with E-state index in [1.54, 1.807) is 31.7 Å². The molecule has 4 amide bonds. The van der Waals surface area contributed by atoms with Crippen molar-refractivity contribution in [3.05, 3.63) is 120 Å². The molecule has 11 nitrogen and oxygen atoms in total. The maximum atomic E-state index is 13.0. The number of allylic oxidation sites excluding steroid dienone is 1. The minimum absolute atomic E-state index is 0.0855. The van der Waals surface area contributed by atoms with Crippen LogP contribution in [0, 0.1) is 5.92 Å². The first-order chi connectivity index (χ1) is 25.4. The van der Waals surface area contributed by atoms with Crippen LogP contribution in [0.15, 0.2) is 103 Å². The van der Waals surface area contributed by atoms with Crippen molar-refractivity contribution in [2.75, 3.05) is 25.2 Å². The molecule has 13 heteroatoms. The van der Waals surface area contributed by atoms with Gasteiger partial charge in [-0.1, -0.05) is 117 Å². The van der Waals surface area contributed by atoms with Crippen molar-refractivity contribution in [1.29, 1.82) is 0 Å². The van der Waals surface area contributed by atoms with Gasteiger partial charge in [0.15, 0.2) is 0 Å². The number of esters is 1. The third-order valence-electron chi connectivity index (χ3n) is 8.36. The van der Waals surface area contributed by atoms with E-state index >= 15 is 0 Å². The molecule has 0 saturated carbocycles. The number of ether oxygens (including phenoxy) is 1. The van der Waals surface area contributed by atoms with E-state index in [1.807, 2.05) is 60.7 Å². The SMILES string of the molecule is COC(=O)CNC(=O)[C@H](NC(=O)[C@@H](CS)NC(=O)[C@@H](C)NC(=O)C[C@H](O)/C=C/CCSC(c1ccccc1)(c1ccccc1)c1ccccc1)C(C)C. The van der Waals surface area contributed by atoms with Crippen LogP contribution >= 0.6 is 24.4 Å². The number of methoxy groups -OCH3 is 1. The summed E-state index contributed by atoms with van der Waals surface area (Å²) in [7, 11) is 1.19. The zero-order valence-electron chi connectivity index (χ0n) is 30.5.